The zero-order chi connectivity index (χ0) is 17.3. The molecular weight excluding hydrogens is 339 g/mol. The molecule has 2 fully saturated rings. The fraction of sp³-hybridized carbons (Fsp3) is 0.611. The lowest BCUT2D eigenvalue weighted by molar-refractivity contribution is -0.183. The van der Waals surface area contributed by atoms with E-state index in [0.717, 1.165) is 29.8 Å². The van der Waals surface area contributed by atoms with E-state index < -0.39 is 12.1 Å². The Morgan fingerprint density at radius 3 is 2.38 bits per heavy atom. The van der Waals surface area contributed by atoms with Crippen LogP contribution in [0.3, 0.4) is 0 Å². The van der Waals surface area contributed by atoms with Crippen LogP contribution in [0.25, 0.3) is 6.08 Å². The number of allylic oxidation sites excluding steroid dienone is 1. The summed E-state index contributed by atoms with van der Waals surface area (Å²) in [6.07, 6.45) is 3.60. The van der Waals surface area contributed by atoms with Crippen LogP contribution in [0, 0.1) is 11.8 Å². The van der Waals surface area contributed by atoms with E-state index in [1.54, 1.807) is 13.2 Å². The number of halogens is 4. The molecule has 6 heteroatoms. The van der Waals surface area contributed by atoms with Crippen molar-refractivity contribution in [2.75, 3.05) is 7.11 Å². The van der Waals surface area contributed by atoms with Gasteiger partial charge in [-0.15, -0.1) is 0 Å². The molecule has 0 saturated heterocycles. The highest BCUT2D eigenvalue weighted by atomic mass is 35.5. The monoisotopic (exact) mass is 359 g/mol. The summed E-state index contributed by atoms with van der Waals surface area (Å²) in [5.74, 6) is 0.174. The molecule has 3 rings (SSSR count). The maximum absolute atomic E-state index is 12.7. The van der Waals surface area contributed by atoms with Gasteiger partial charge >= 0.3 is 6.18 Å². The molecule has 0 radical (unpaired) electrons. The SMILES string of the molecule is COc1c(/C=C/[C@H]2CC[C@H](C(F)(F)F)CC2)cc(Cl)nc1C1CC1. The van der Waals surface area contributed by atoms with Crippen LogP contribution >= 0.6 is 11.6 Å². The molecule has 0 amide bonds. The van der Waals surface area contributed by atoms with Crippen LogP contribution < -0.4 is 4.74 Å². The third kappa shape index (κ3) is 4.05. The first-order valence-corrected chi connectivity index (χ1v) is 8.75. The zero-order valence-corrected chi connectivity index (χ0v) is 14.3. The van der Waals surface area contributed by atoms with Crippen molar-refractivity contribution in [2.45, 2.75) is 50.6 Å². The van der Waals surface area contributed by atoms with Crippen molar-refractivity contribution in [1.82, 2.24) is 4.98 Å². The number of ether oxygens (including phenoxy) is 1. The van der Waals surface area contributed by atoms with Gasteiger partial charge in [-0.05, 0) is 50.5 Å². The van der Waals surface area contributed by atoms with Gasteiger partial charge in [0.25, 0.3) is 0 Å². The number of aromatic nitrogens is 1. The Balaban J connectivity index is 1.71. The number of nitrogens with zero attached hydrogens (tertiary/aromatic N) is 1. The molecule has 0 bridgehead atoms. The normalized spacial score (nSPS) is 25.2. The molecule has 1 aromatic heterocycles. The Hall–Kier alpha value is -1.23. The van der Waals surface area contributed by atoms with Crippen molar-refractivity contribution in [3.8, 4) is 5.75 Å². The maximum atomic E-state index is 12.7. The second-order valence-electron chi connectivity index (χ2n) is 6.74. The zero-order valence-electron chi connectivity index (χ0n) is 13.6. The molecule has 0 aliphatic heterocycles. The van der Waals surface area contributed by atoms with Gasteiger partial charge in [-0.2, -0.15) is 13.2 Å². The molecule has 0 aromatic carbocycles. The molecule has 2 aliphatic rings. The van der Waals surface area contributed by atoms with Crippen molar-refractivity contribution in [2.24, 2.45) is 11.8 Å². The Morgan fingerprint density at radius 1 is 1.17 bits per heavy atom. The summed E-state index contributed by atoms with van der Waals surface area (Å²) in [4.78, 5) is 4.38. The second kappa shape index (κ2) is 6.95. The van der Waals surface area contributed by atoms with Crippen LogP contribution in [0.15, 0.2) is 12.1 Å². The van der Waals surface area contributed by atoms with E-state index in [1.807, 2.05) is 12.2 Å². The van der Waals surface area contributed by atoms with Gasteiger partial charge in [-0.25, -0.2) is 4.98 Å². The van der Waals surface area contributed by atoms with E-state index in [-0.39, 0.29) is 18.8 Å². The molecule has 2 saturated carbocycles. The highest BCUT2D eigenvalue weighted by Crippen LogP contribution is 2.45. The number of methoxy groups -OCH3 is 1. The van der Waals surface area contributed by atoms with E-state index in [0.29, 0.717) is 23.9 Å². The molecule has 1 aromatic rings. The topological polar surface area (TPSA) is 22.1 Å². The van der Waals surface area contributed by atoms with Crippen LogP contribution in [-0.4, -0.2) is 18.3 Å². The Labute approximate surface area is 145 Å². The third-order valence-electron chi connectivity index (χ3n) is 4.95. The average molecular weight is 360 g/mol. The smallest absolute Gasteiger partial charge is 0.391 e. The first kappa shape index (κ1) is 17.6. The first-order valence-electron chi connectivity index (χ1n) is 8.38. The molecular formula is C18H21ClF3NO. The molecule has 132 valence electrons. The van der Waals surface area contributed by atoms with Gasteiger partial charge in [0.15, 0.2) is 0 Å². The summed E-state index contributed by atoms with van der Waals surface area (Å²) in [5.41, 5.74) is 1.75. The summed E-state index contributed by atoms with van der Waals surface area (Å²) in [5, 5.41) is 0.429. The lowest BCUT2D eigenvalue weighted by Gasteiger charge is -2.28. The maximum Gasteiger partial charge on any atom is 0.391 e. The minimum Gasteiger partial charge on any atom is -0.494 e. The fourth-order valence-corrected chi connectivity index (χ4v) is 3.61. The van der Waals surface area contributed by atoms with Crippen LogP contribution in [0.2, 0.25) is 5.15 Å². The van der Waals surface area contributed by atoms with Gasteiger partial charge in [0.05, 0.1) is 18.7 Å². The quantitative estimate of drug-likeness (QED) is 0.615. The molecule has 24 heavy (non-hydrogen) atoms. The molecule has 2 aliphatic carbocycles. The van der Waals surface area contributed by atoms with Crippen LogP contribution in [0.1, 0.15) is 55.7 Å². The Morgan fingerprint density at radius 2 is 1.83 bits per heavy atom. The Bertz CT molecular complexity index is 617. The summed E-state index contributed by atoms with van der Waals surface area (Å²) < 4.78 is 43.7. The largest absolute Gasteiger partial charge is 0.494 e. The van der Waals surface area contributed by atoms with Crippen LogP contribution in [0.5, 0.6) is 5.75 Å². The summed E-state index contributed by atoms with van der Waals surface area (Å²) >= 11 is 6.12. The van der Waals surface area contributed by atoms with E-state index in [2.05, 4.69) is 4.98 Å². The molecule has 0 unspecified atom stereocenters. The third-order valence-corrected chi connectivity index (χ3v) is 5.14. The number of hydrogen-bond donors (Lipinski definition) is 0. The van der Waals surface area contributed by atoms with Crippen LogP contribution in [0.4, 0.5) is 13.2 Å². The molecule has 0 atom stereocenters. The standard InChI is InChI=1S/C18H21ClF3NO/c1-24-17-13(10-15(19)23-16(17)12-6-7-12)5-2-11-3-8-14(9-4-11)18(20,21)22/h2,5,10-12,14H,3-4,6-9H2,1H3/b5-2+/t11-,14-. The van der Waals surface area contributed by atoms with Gasteiger partial charge in [0.1, 0.15) is 10.9 Å². The number of pyridine rings is 1. The number of hydrogen-bond acceptors (Lipinski definition) is 2. The molecule has 1 heterocycles. The minimum atomic E-state index is -4.06. The molecule has 2 nitrogen and oxygen atoms in total. The van der Waals surface area contributed by atoms with Gasteiger partial charge in [-0.1, -0.05) is 23.8 Å². The lowest BCUT2D eigenvalue weighted by Crippen LogP contribution is -2.27. The highest BCUT2D eigenvalue weighted by molar-refractivity contribution is 6.29. The Kier molecular flexibility index (Phi) is 5.09. The van der Waals surface area contributed by atoms with Crippen molar-refractivity contribution in [1.29, 1.82) is 0 Å². The predicted molar refractivity (Wildman–Crippen MR) is 88.3 cm³/mol. The highest BCUT2D eigenvalue weighted by Gasteiger charge is 2.41. The minimum absolute atomic E-state index is 0.171. The fourth-order valence-electron chi connectivity index (χ4n) is 3.40. The van der Waals surface area contributed by atoms with Gasteiger partial charge < -0.3 is 4.74 Å². The van der Waals surface area contributed by atoms with Gasteiger partial charge in [0, 0.05) is 11.5 Å². The predicted octanol–water partition coefficient (Wildman–Crippen LogP) is 6.00. The van der Waals surface area contributed by atoms with E-state index in [1.165, 1.54) is 0 Å². The summed E-state index contributed by atoms with van der Waals surface area (Å²) in [7, 11) is 1.61. The second-order valence-corrected chi connectivity index (χ2v) is 7.13. The van der Waals surface area contributed by atoms with Crippen molar-refractivity contribution < 1.29 is 17.9 Å². The van der Waals surface area contributed by atoms with Gasteiger partial charge in [-0.3, -0.25) is 0 Å². The van der Waals surface area contributed by atoms with Gasteiger partial charge in [0.2, 0.25) is 0 Å². The average Bonchev–Trinajstić information content (AvgIpc) is 3.36. The molecule has 0 N–H and O–H groups in total. The summed E-state index contributed by atoms with van der Waals surface area (Å²) in [6, 6.07) is 1.75. The molecule has 0 spiro atoms. The van der Waals surface area contributed by atoms with E-state index in [9.17, 15) is 13.2 Å². The van der Waals surface area contributed by atoms with Crippen molar-refractivity contribution in [3.63, 3.8) is 0 Å². The van der Waals surface area contributed by atoms with E-state index >= 15 is 0 Å². The first-order chi connectivity index (χ1) is 11.4. The van der Waals surface area contributed by atoms with Crippen molar-refractivity contribution in [3.05, 3.63) is 28.6 Å². The summed E-state index contributed by atoms with van der Waals surface area (Å²) in [6.45, 7) is 0. The number of alkyl halides is 3. The van der Waals surface area contributed by atoms with Crippen molar-refractivity contribution >= 4 is 17.7 Å². The lowest BCUT2D eigenvalue weighted by atomic mass is 9.81. The van der Waals surface area contributed by atoms with Crippen LogP contribution in [-0.2, 0) is 0 Å². The van der Waals surface area contributed by atoms with E-state index in [4.69, 9.17) is 16.3 Å². The number of rotatable bonds is 4.